The van der Waals surface area contributed by atoms with Gasteiger partial charge in [-0.1, -0.05) is 48.3 Å². The lowest BCUT2D eigenvalue weighted by atomic mass is 10.1. The minimum Gasteiger partial charge on any atom is -0.321 e. The lowest BCUT2D eigenvalue weighted by molar-refractivity contribution is -0.133. The van der Waals surface area contributed by atoms with Crippen molar-refractivity contribution in [2.45, 2.75) is 20.3 Å². The van der Waals surface area contributed by atoms with Crippen molar-refractivity contribution in [3.05, 3.63) is 93.6 Å². The van der Waals surface area contributed by atoms with Crippen LogP contribution in [0.1, 0.15) is 28.5 Å². The first kappa shape index (κ1) is 24.3. The first-order valence-corrected chi connectivity index (χ1v) is 11.6. The molecule has 9 heteroatoms. The highest BCUT2D eigenvalue weighted by molar-refractivity contribution is 6.42. The maximum absolute atomic E-state index is 13.1. The first-order valence-electron chi connectivity index (χ1n) is 10.8. The van der Waals surface area contributed by atoms with Crippen LogP contribution in [0.25, 0.3) is 10.9 Å². The number of fused-ring (bicyclic) bond motifs is 1. The molecule has 178 valence electrons. The molecule has 0 saturated heterocycles. The van der Waals surface area contributed by atoms with E-state index < -0.39 is 17.7 Å². The molecule has 0 saturated carbocycles. The number of benzene rings is 3. The smallest absolute Gasteiger partial charge is 0.321 e. The van der Waals surface area contributed by atoms with Crippen molar-refractivity contribution >= 4 is 63.2 Å². The standard InChI is InChI=1S/C26H22Cl2N4O3/c1-3-16-5-9-19(10-6-16)29-24(33)23-13-17-12-18(27)7-11-22(17)32(23)31-26(35)25(34)30-20-8-4-15(2)21(28)14-20/h4-14H,3H2,1-2H3,(H,29,33)(H,30,34)(H,31,35). The van der Waals surface area contributed by atoms with Gasteiger partial charge in [0.25, 0.3) is 5.91 Å². The molecule has 0 bridgehead atoms. The molecule has 1 aromatic heterocycles. The number of halogens is 2. The summed E-state index contributed by atoms with van der Waals surface area (Å²) in [4.78, 5) is 38.4. The van der Waals surface area contributed by atoms with Crippen LogP contribution in [-0.2, 0) is 16.0 Å². The highest BCUT2D eigenvalue weighted by atomic mass is 35.5. The van der Waals surface area contributed by atoms with Gasteiger partial charge in [0.2, 0.25) is 0 Å². The molecule has 0 atom stereocenters. The third kappa shape index (κ3) is 5.48. The minimum absolute atomic E-state index is 0.126. The van der Waals surface area contributed by atoms with Crippen molar-refractivity contribution in [2.75, 3.05) is 16.1 Å². The second kappa shape index (κ2) is 10.2. The highest BCUT2D eigenvalue weighted by Crippen LogP contribution is 2.24. The van der Waals surface area contributed by atoms with Gasteiger partial charge in [-0.25, -0.2) is 4.68 Å². The quantitative estimate of drug-likeness (QED) is 0.298. The lowest BCUT2D eigenvalue weighted by Crippen LogP contribution is -2.36. The second-order valence-corrected chi connectivity index (χ2v) is 8.78. The van der Waals surface area contributed by atoms with Crippen LogP contribution in [0.5, 0.6) is 0 Å². The van der Waals surface area contributed by atoms with Crippen molar-refractivity contribution in [3.8, 4) is 0 Å². The molecule has 35 heavy (non-hydrogen) atoms. The molecule has 0 aliphatic carbocycles. The largest absolute Gasteiger partial charge is 0.328 e. The van der Waals surface area contributed by atoms with Crippen molar-refractivity contribution in [1.29, 1.82) is 0 Å². The number of anilines is 2. The Balaban J connectivity index is 1.60. The monoisotopic (exact) mass is 508 g/mol. The van der Waals surface area contributed by atoms with Crippen molar-refractivity contribution in [3.63, 3.8) is 0 Å². The Bertz CT molecular complexity index is 1450. The molecule has 0 unspecified atom stereocenters. The average Bonchev–Trinajstić information content (AvgIpc) is 3.19. The van der Waals surface area contributed by atoms with Crippen molar-refractivity contribution < 1.29 is 14.4 Å². The molecule has 0 aliphatic heterocycles. The molecular formula is C26H22Cl2N4O3. The van der Waals surface area contributed by atoms with E-state index >= 15 is 0 Å². The molecule has 4 rings (SSSR count). The zero-order chi connectivity index (χ0) is 25.1. The molecule has 0 spiro atoms. The van der Waals surface area contributed by atoms with Crippen LogP contribution >= 0.6 is 23.2 Å². The van der Waals surface area contributed by atoms with E-state index in [0.717, 1.165) is 17.5 Å². The summed E-state index contributed by atoms with van der Waals surface area (Å²) < 4.78 is 1.27. The predicted octanol–water partition coefficient (Wildman–Crippen LogP) is 5.78. The zero-order valence-corrected chi connectivity index (χ0v) is 20.5. The van der Waals surface area contributed by atoms with E-state index in [2.05, 4.69) is 16.1 Å². The van der Waals surface area contributed by atoms with E-state index in [1.165, 1.54) is 4.68 Å². The van der Waals surface area contributed by atoms with Gasteiger partial charge in [-0.15, -0.1) is 0 Å². The van der Waals surface area contributed by atoms with Crippen LogP contribution in [-0.4, -0.2) is 22.4 Å². The normalized spacial score (nSPS) is 10.7. The number of amides is 3. The van der Waals surface area contributed by atoms with Gasteiger partial charge < -0.3 is 10.6 Å². The number of rotatable bonds is 5. The molecule has 3 amide bonds. The molecule has 0 radical (unpaired) electrons. The van der Waals surface area contributed by atoms with E-state index in [1.807, 2.05) is 26.0 Å². The number of carbonyl (C=O) groups excluding carboxylic acids is 3. The molecule has 3 aromatic carbocycles. The van der Waals surface area contributed by atoms with E-state index in [-0.39, 0.29) is 5.69 Å². The number of carbonyl (C=O) groups is 3. The molecule has 3 N–H and O–H groups in total. The maximum Gasteiger partial charge on any atom is 0.328 e. The Morgan fingerprint density at radius 3 is 2.23 bits per heavy atom. The van der Waals surface area contributed by atoms with Crippen molar-refractivity contribution in [2.24, 2.45) is 0 Å². The Morgan fingerprint density at radius 1 is 0.829 bits per heavy atom. The Labute approximate surface area is 212 Å². The summed E-state index contributed by atoms with van der Waals surface area (Å²) in [6, 6.07) is 18.9. The molecule has 0 fully saturated rings. The SMILES string of the molecule is CCc1ccc(NC(=O)c2cc3cc(Cl)ccc3n2NC(=O)C(=O)Nc2ccc(C)c(Cl)c2)cc1. The fraction of sp³-hybridized carbons (Fsp3) is 0.115. The zero-order valence-electron chi connectivity index (χ0n) is 19.0. The van der Waals surface area contributed by atoms with E-state index in [0.29, 0.717) is 32.3 Å². The third-order valence-electron chi connectivity index (χ3n) is 5.47. The van der Waals surface area contributed by atoms with Crippen LogP contribution < -0.4 is 16.1 Å². The summed E-state index contributed by atoms with van der Waals surface area (Å²) in [5.41, 5.74) is 6.09. The van der Waals surface area contributed by atoms with E-state index in [1.54, 1.807) is 54.6 Å². The van der Waals surface area contributed by atoms with Crippen LogP contribution in [0.15, 0.2) is 66.7 Å². The summed E-state index contributed by atoms with van der Waals surface area (Å²) in [5, 5.41) is 6.88. The van der Waals surface area contributed by atoms with Gasteiger partial charge in [0.1, 0.15) is 5.69 Å². The Kier molecular flexibility index (Phi) is 7.10. The van der Waals surface area contributed by atoms with E-state index in [9.17, 15) is 14.4 Å². The Hall–Kier alpha value is -3.81. The van der Waals surface area contributed by atoms with Gasteiger partial charge in [0.05, 0.1) is 5.52 Å². The van der Waals surface area contributed by atoms with Gasteiger partial charge in [-0.3, -0.25) is 19.8 Å². The molecule has 1 heterocycles. The van der Waals surface area contributed by atoms with Crippen LogP contribution in [0, 0.1) is 6.92 Å². The fourth-order valence-electron chi connectivity index (χ4n) is 3.50. The van der Waals surface area contributed by atoms with Crippen LogP contribution in [0.3, 0.4) is 0 Å². The van der Waals surface area contributed by atoms with Gasteiger partial charge in [0.15, 0.2) is 0 Å². The number of hydrogen-bond acceptors (Lipinski definition) is 3. The molecular weight excluding hydrogens is 487 g/mol. The summed E-state index contributed by atoms with van der Waals surface area (Å²) >= 11 is 12.2. The second-order valence-electron chi connectivity index (χ2n) is 7.93. The molecule has 7 nitrogen and oxygen atoms in total. The topological polar surface area (TPSA) is 92.2 Å². The Morgan fingerprint density at radius 2 is 1.54 bits per heavy atom. The van der Waals surface area contributed by atoms with Crippen molar-refractivity contribution in [1.82, 2.24) is 4.68 Å². The van der Waals surface area contributed by atoms with Gasteiger partial charge >= 0.3 is 11.8 Å². The number of nitrogens with one attached hydrogen (secondary N) is 3. The third-order valence-corrected chi connectivity index (χ3v) is 6.11. The lowest BCUT2D eigenvalue weighted by Gasteiger charge is -2.13. The maximum atomic E-state index is 13.1. The summed E-state index contributed by atoms with van der Waals surface area (Å²) in [7, 11) is 0. The number of aromatic nitrogens is 1. The van der Waals surface area contributed by atoms with Gasteiger partial charge in [-0.2, -0.15) is 0 Å². The predicted molar refractivity (Wildman–Crippen MR) is 140 cm³/mol. The fourth-order valence-corrected chi connectivity index (χ4v) is 3.86. The number of aryl methyl sites for hydroxylation is 2. The summed E-state index contributed by atoms with van der Waals surface area (Å²) in [6.07, 6.45) is 0.881. The first-order chi connectivity index (χ1) is 16.7. The summed E-state index contributed by atoms with van der Waals surface area (Å²) in [5.74, 6) is -2.34. The molecule has 4 aromatic rings. The van der Waals surface area contributed by atoms with E-state index in [4.69, 9.17) is 23.2 Å². The average molecular weight is 509 g/mol. The molecule has 0 aliphatic rings. The van der Waals surface area contributed by atoms with Crippen LogP contribution in [0.2, 0.25) is 10.0 Å². The summed E-state index contributed by atoms with van der Waals surface area (Å²) in [6.45, 7) is 3.87. The number of nitrogens with zero attached hydrogens (tertiary/aromatic N) is 1. The number of hydrogen-bond donors (Lipinski definition) is 3. The van der Waals surface area contributed by atoms with Crippen LogP contribution in [0.4, 0.5) is 11.4 Å². The van der Waals surface area contributed by atoms with Gasteiger partial charge in [-0.05, 0) is 73.0 Å². The highest BCUT2D eigenvalue weighted by Gasteiger charge is 2.21. The van der Waals surface area contributed by atoms with Gasteiger partial charge in [0, 0.05) is 26.8 Å². The minimum atomic E-state index is -0.963.